The maximum Gasteiger partial charge on any atom is 0.276 e. The molecule has 1 heterocycles. The van der Waals surface area contributed by atoms with Gasteiger partial charge in [-0.05, 0) is 24.3 Å². The average molecular weight is 329 g/mol. The number of para-hydroxylation sites is 1. The summed E-state index contributed by atoms with van der Waals surface area (Å²) in [4.78, 5) is 23.8. The molecular weight excluding hydrogens is 316 g/mol. The number of nitrogens with one attached hydrogen (secondary N) is 3. The van der Waals surface area contributed by atoms with Gasteiger partial charge in [-0.3, -0.25) is 14.7 Å². The molecule has 3 aromatic rings. The Hall–Kier alpha value is -2.86. The van der Waals surface area contributed by atoms with Crippen molar-refractivity contribution in [3.8, 4) is 0 Å². The second-order valence-corrected chi connectivity index (χ2v) is 5.38. The molecule has 1 aromatic heterocycles. The van der Waals surface area contributed by atoms with Gasteiger partial charge in [-0.25, -0.2) is 0 Å². The molecule has 3 N–H and O–H groups in total. The van der Waals surface area contributed by atoms with E-state index >= 15 is 0 Å². The lowest BCUT2D eigenvalue weighted by Gasteiger charge is -2.11. The fourth-order valence-corrected chi connectivity index (χ4v) is 2.41. The largest absolute Gasteiger partial charge is 0.324 e. The highest BCUT2D eigenvalue weighted by atomic mass is 35.5. The lowest BCUT2D eigenvalue weighted by atomic mass is 10.2. The first kappa shape index (κ1) is 15.1. The number of carbonyl (C=O) groups excluding carboxylic acids is 2. The van der Waals surface area contributed by atoms with E-state index in [1.807, 2.05) is 24.3 Å². The molecule has 0 atom stereocenters. The SMILES string of the molecule is CC(=O)Nc1cc(Cl)ccc1NC(=O)c1n[nH]c2ccccc12. The van der Waals surface area contributed by atoms with Crippen LogP contribution in [0.15, 0.2) is 42.5 Å². The van der Waals surface area contributed by atoms with Gasteiger partial charge in [0.2, 0.25) is 5.91 Å². The number of rotatable bonds is 3. The van der Waals surface area contributed by atoms with Crippen molar-refractivity contribution in [2.75, 3.05) is 10.6 Å². The first-order valence-electron chi connectivity index (χ1n) is 6.86. The predicted molar refractivity (Wildman–Crippen MR) is 89.8 cm³/mol. The summed E-state index contributed by atoms with van der Waals surface area (Å²) in [5.74, 6) is -0.635. The zero-order chi connectivity index (χ0) is 16.4. The summed E-state index contributed by atoms with van der Waals surface area (Å²) in [6, 6.07) is 12.2. The monoisotopic (exact) mass is 328 g/mol. The van der Waals surface area contributed by atoms with Crippen molar-refractivity contribution in [1.29, 1.82) is 0 Å². The van der Waals surface area contributed by atoms with Crippen LogP contribution < -0.4 is 10.6 Å². The molecule has 23 heavy (non-hydrogen) atoms. The Kier molecular flexibility index (Phi) is 3.99. The van der Waals surface area contributed by atoms with Crippen LogP contribution in [0.2, 0.25) is 5.02 Å². The Morgan fingerprint density at radius 2 is 1.87 bits per heavy atom. The van der Waals surface area contributed by atoms with Crippen LogP contribution in [0.5, 0.6) is 0 Å². The molecule has 0 aliphatic rings. The number of anilines is 2. The number of hydrogen-bond donors (Lipinski definition) is 3. The first-order chi connectivity index (χ1) is 11.0. The molecule has 116 valence electrons. The third-order valence-electron chi connectivity index (χ3n) is 3.23. The van der Waals surface area contributed by atoms with E-state index in [1.165, 1.54) is 6.92 Å². The van der Waals surface area contributed by atoms with Crippen LogP contribution in [0, 0.1) is 0 Å². The lowest BCUT2D eigenvalue weighted by Crippen LogP contribution is -2.15. The van der Waals surface area contributed by atoms with Gasteiger partial charge in [-0.2, -0.15) is 5.10 Å². The molecule has 0 saturated carbocycles. The zero-order valence-electron chi connectivity index (χ0n) is 12.2. The topological polar surface area (TPSA) is 86.9 Å². The van der Waals surface area contributed by atoms with Crippen LogP contribution in [0.25, 0.3) is 10.9 Å². The molecule has 6 nitrogen and oxygen atoms in total. The van der Waals surface area contributed by atoms with Crippen LogP contribution in [0.3, 0.4) is 0 Å². The minimum atomic E-state index is -0.378. The van der Waals surface area contributed by atoms with Crippen molar-refractivity contribution >= 4 is 45.7 Å². The molecule has 3 rings (SSSR count). The summed E-state index contributed by atoms with van der Waals surface area (Å²) >= 11 is 5.93. The molecule has 2 aromatic carbocycles. The van der Waals surface area contributed by atoms with Crippen molar-refractivity contribution in [2.45, 2.75) is 6.92 Å². The van der Waals surface area contributed by atoms with Crippen LogP contribution in [-0.4, -0.2) is 22.0 Å². The Morgan fingerprint density at radius 3 is 2.65 bits per heavy atom. The number of amides is 2. The van der Waals surface area contributed by atoms with E-state index in [2.05, 4.69) is 20.8 Å². The molecule has 7 heteroatoms. The van der Waals surface area contributed by atoms with E-state index in [1.54, 1.807) is 18.2 Å². The Labute approximate surface area is 136 Å². The number of H-pyrrole nitrogens is 1. The van der Waals surface area contributed by atoms with Gasteiger partial charge in [0, 0.05) is 17.3 Å². The van der Waals surface area contributed by atoms with Gasteiger partial charge in [-0.1, -0.05) is 29.8 Å². The summed E-state index contributed by atoms with van der Waals surface area (Å²) in [6.45, 7) is 1.38. The highest BCUT2D eigenvalue weighted by molar-refractivity contribution is 6.31. The van der Waals surface area contributed by atoms with Crippen molar-refractivity contribution in [2.24, 2.45) is 0 Å². The van der Waals surface area contributed by atoms with E-state index < -0.39 is 0 Å². The number of aromatic amines is 1. The number of benzene rings is 2. The second-order valence-electron chi connectivity index (χ2n) is 4.94. The summed E-state index contributed by atoms with van der Waals surface area (Å²) in [6.07, 6.45) is 0. The second kappa shape index (κ2) is 6.10. The molecule has 0 saturated heterocycles. The Bertz CT molecular complexity index is 904. The van der Waals surface area contributed by atoms with Crippen LogP contribution in [-0.2, 0) is 4.79 Å². The number of carbonyl (C=O) groups is 2. The van der Waals surface area contributed by atoms with Crippen molar-refractivity contribution < 1.29 is 9.59 Å². The van der Waals surface area contributed by atoms with E-state index in [-0.39, 0.29) is 17.5 Å². The molecule has 0 aliphatic carbocycles. The minimum Gasteiger partial charge on any atom is -0.324 e. The van der Waals surface area contributed by atoms with Gasteiger partial charge in [0.15, 0.2) is 5.69 Å². The molecule has 0 bridgehead atoms. The summed E-state index contributed by atoms with van der Waals surface area (Å²) in [5, 5.41) is 13.4. The molecule has 0 fully saturated rings. The fourth-order valence-electron chi connectivity index (χ4n) is 2.24. The fraction of sp³-hybridized carbons (Fsp3) is 0.0625. The maximum atomic E-state index is 12.5. The summed E-state index contributed by atoms with van der Waals surface area (Å²) in [7, 11) is 0. The van der Waals surface area contributed by atoms with Gasteiger partial charge >= 0.3 is 0 Å². The van der Waals surface area contributed by atoms with Crippen molar-refractivity contribution in [3.63, 3.8) is 0 Å². The molecule has 0 unspecified atom stereocenters. The van der Waals surface area contributed by atoms with Gasteiger partial charge in [0.05, 0.1) is 16.9 Å². The normalized spacial score (nSPS) is 10.5. The van der Waals surface area contributed by atoms with Crippen molar-refractivity contribution in [1.82, 2.24) is 10.2 Å². The molecule has 0 radical (unpaired) electrons. The molecule has 0 aliphatic heterocycles. The van der Waals surface area contributed by atoms with Crippen LogP contribution in [0.4, 0.5) is 11.4 Å². The molecule has 0 spiro atoms. The summed E-state index contributed by atoms with van der Waals surface area (Å²) in [5.41, 5.74) is 1.93. The van der Waals surface area contributed by atoms with Crippen LogP contribution in [0.1, 0.15) is 17.4 Å². The quantitative estimate of drug-likeness (QED) is 0.688. The third kappa shape index (κ3) is 3.17. The number of fused-ring (bicyclic) bond motifs is 1. The smallest absolute Gasteiger partial charge is 0.276 e. The van der Waals surface area contributed by atoms with Gasteiger partial charge in [0.1, 0.15) is 0 Å². The highest BCUT2D eigenvalue weighted by Crippen LogP contribution is 2.27. The number of halogens is 1. The number of aromatic nitrogens is 2. The van der Waals surface area contributed by atoms with Crippen LogP contribution >= 0.6 is 11.6 Å². The van der Waals surface area contributed by atoms with Gasteiger partial charge in [0.25, 0.3) is 5.91 Å². The average Bonchev–Trinajstić information content (AvgIpc) is 2.93. The minimum absolute atomic E-state index is 0.256. The van der Waals surface area contributed by atoms with Gasteiger partial charge in [-0.15, -0.1) is 0 Å². The molecule has 2 amide bonds. The van der Waals surface area contributed by atoms with Gasteiger partial charge < -0.3 is 10.6 Å². The predicted octanol–water partition coefficient (Wildman–Crippen LogP) is 3.43. The Morgan fingerprint density at radius 1 is 1.09 bits per heavy atom. The van der Waals surface area contributed by atoms with E-state index in [0.29, 0.717) is 16.4 Å². The third-order valence-corrected chi connectivity index (χ3v) is 3.46. The zero-order valence-corrected chi connectivity index (χ0v) is 12.9. The molecular formula is C16H13ClN4O2. The first-order valence-corrected chi connectivity index (χ1v) is 7.24. The Balaban J connectivity index is 1.92. The number of hydrogen-bond acceptors (Lipinski definition) is 3. The van der Waals surface area contributed by atoms with Crippen molar-refractivity contribution in [3.05, 3.63) is 53.2 Å². The highest BCUT2D eigenvalue weighted by Gasteiger charge is 2.16. The van der Waals surface area contributed by atoms with E-state index in [0.717, 1.165) is 10.9 Å². The lowest BCUT2D eigenvalue weighted by molar-refractivity contribution is -0.114. The maximum absolute atomic E-state index is 12.5. The number of nitrogens with zero attached hydrogens (tertiary/aromatic N) is 1. The van der Waals surface area contributed by atoms with E-state index in [9.17, 15) is 9.59 Å². The van der Waals surface area contributed by atoms with E-state index in [4.69, 9.17) is 11.6 Å². The standard InChI is InChI=1S/C16H13ClN4O2/c1-9(22)18-14-8-10(17)6-7-13(14)19-16(23)15-11-4-2-3-5-12(11)20-21-15/h2-8H,1H3,(H,18,22)(H,19,23)(H,20,21). The summed E-state index contributed by atoms with van der Waals surface area (Å²) < 4.78 is 0.